The first kappa shape index (κ1) is 18.0. The third-order valence-corrected chi connectivity index (χ3v) is 4.28. The van der Waals surface area contributed by atoms with Gasteiger partial charge in [0.2, 0.25) is 0 Å². The Morgan fingerprint density at radius 3 is 2.46 bits per heavy atom. The lowest BCUT2D eigenvalue weighted by Gasteiger charge is -2.18. The Morgan fingerprint density at radius 2 is 1.92 bits per heavy atom. The Morgan fingerprint density at radius 1 is 1.21 bits per heavy atom. The van der Waals surface area contributed by atoms with Crippen LogP contribution in [0.5, 0.6) is 11.5 Å². The number of ether oxygens (including phenoxy) is 2. The summed E-state index contributed by atoms with van der Waals surface area (Å²) in [6.45, 7) is 5.87. The van der Waals surface area contributed by atoms with Crippen LogP contribution < -0.4 is 15.1 Å². The monoisotopic (exact) mass is 332 g/mol. The topological polar surface area (TPSA) is 65.7 Å². The molecule has 0 N–H and O–H groups in total. The molecule has 5 heteroatoms. The van der Waals surface area contributed by atoms with E-state index < -0.39 is 5.63 Å². The van der Waals surface area contributed by atoms with Gasteiger partial charge >= 0.3 is 5.63 Å². The number of methoxy groups -OCH3 is 2. The van der Waals surface area contributed by atoms with Gasteiger partial charge in [-0.2, -0.15) is 0 Å². The highest BCUT2D eigenvalue weighted by Crippen LogP contribution is 2.40. The molecule has 0 aliphatic carbocycles. The van der Waals surface area contributed by atoms with Crippen molar-refractivity contribution in [1.82, 2.24) is 0 Å². The molecule has 24 heavy (non-hydrogen) atoms. The number of hydrogen-bond acceptors (Lipinski definition) is 5. The molecular formula is C19H24O5. The summed E-state index contributed by atoms with van der Waals surface area (Å²) >= 11 is 0. The zero-order chi connectivity index (χ0) is 17.9. The van der Waals surface area contributed by atoms with Crippen molar-refractivity contribution in [2.75, 3.05) is 14.2 Å². The summed E-state index contributed by atoms with van der Waals surface area (Å²) < 4.78 is 16.3. The van der Waals surface area contributed by atoms with Crippen molar-refractivity contribution in [3.8, 4) is 11.5 Å². The Labute approximate surface area is 141 Å². The smallest absolute Gasteiger partial charge is 0.336 e. The van der Waals surface area contributed by atoms with Gasteiger partial charge in [0.25, 0.3) is 0 Å². The molecule has 1 unspecified atom stereocenters. The van der Waals surface area contributed by atoms with E-state index in [1.54, 1.807) is 6.07 Å². The molecule has 0 spiro atoms. The molecule has 1 aromatic carbocycles. The molecule has 0 aliphatic rings. The van der Waals surface area contributed by atoms with Crippen molar-refractivity contribution < 1.29 is 18.7 Å². The van der Waals surface area contributed by atoms with Gasteiger partial charge < -0.3 is 13.9 Å². The number of ketones is 1. The summed E-state index contributed by atoms with van der Waals surface area (Å²) in [5.41, 5.74) is 1.19. The van der Waals surface area contributed by atoms with Crippen LogP contribution in [0.3, 0.4) is 0 Å². The lowest BCUT2D eigenvalue weighted by atomic mass is 9.92. The number of rotatable bonds is 7. The molecule has 0 amide bonds. The summed E-state index contributed by atoms with van der Waals surface area (Å²) in [7, 11) is 3.00. The molecule has 2 rings (SSSR count). The van der Waals surface area contributed by atoms with E-state index in [4.69, 9.17) is 13.9 Å². The molecule has 1 heterocycles. The SMILES string of the molecule is CCCc1cc(=O)oc2cc(OC)c(C(=O)C(C)CC)c(OC)c12. The summed E-state index contributed by atoms with van der Waals surface area (Å²) in [4.78, 5) is 24.7. The van der Waals surface area contributed by atoms with Crippen LogP contribution in [-0.2, 0) is 6.42 Å². The van der Waals surface area contributed by atoms with Gasteiger partial charge in [0.05, 0.1) is 19.6 Å². The molecule has 2 aromatic rings. The molecule has 1 aromatic heterocycles. The number of fused-ring (bicyclic) bond motifs is 1. The lowest BCUT2D eigenvalue weighted by molar-refractivity contribution is 0.0921. The number of carbonyl (C=O) groups is 1. The molecule has 0 bridgehead atoms. The Bertz CT molecular complexity index is 803. The van der Waals surface area contributed by atoms with Crippen LogP contribution in [0, 0.1) is 5.92 Å². The summed E-state index contributed by atoms with van der Waals surface area (Å²) in [5.74, 6) is 0.584. The molecule has 0 fully saturated rings. The maximum Gasteiger partial charge on any atom is 0.336 e. The van der Waals surface area contributed by atoms with Gasteiger partial charge in [-0.05, 0) is 18.4 Å². The van der Waals surface area contributed by atoms with E-state index in [1.807, 2.05) is 20.8 Å². The Kier molecular flexibility index (Phi) is 5.65. The second-order valence-electron chi connectivity index (χ2n) is 5.87. The molecular weight excluding hydrogens is 308 g/mol. The van der Waals surface area contributed by atoms with E-state index in [0.717, 1.165) is 18.4 Å². The van der Waals surface area contributed by atoms with E-state index in [2.05, 4.69) is 0 Å². The van der Waals surface area contributed by atoms with E-state index in [0.29, 0.717) is 34.5 Å². The number of hydrogen-bond donors (Lipinski definition) is 0. The fraction of sp³-hybridized carbons (Fsp3) is 0.474. The molecule has 5 nitrogen and oxygen atoms in total. The van der Waals surface area contributed by atoms with E-state index in [9.17, 15) is 9.59 Å². The van der Waals surface area contributed by atoms with Gasteiger partial charge in [-0.25, -0.2) is 4.79 Å². The first-order valence-corrected chi connectivity index (χ1v) is 8.24. The van der Waals surface area contributed by atoms with Gasteiger partial charge in [0, 0.05) is 18.1 Å². The average molecular weight is 332 g/mol. The molecule has 1 atom stereocenters. The maximum atomic E-state index is 12.9. The van der Waals surface area contributed by atoms with E-state index in [-0.39, 0.29) is 11.7 Å². The van der Waals surface area contributed by atoms with Crippen LogP contribution in [0.1, 0.15) is 49.5 Å². The molecule has 0 saturated carbocycles. The number of benzene rings is 1. The Hall–Kier alpha value is -2.30. The highest BCUT2D eigenvalue weighted by molar-refractivity contribution is 6.08. The number of Topliss-reactive ketones (excluding diaryl/α,β-unsaturated/α-hetero) is 1. The van der Waals surface area contributed by atoms with Crippen molar-refractivity contribution in [3.63, 3.8) is 0 Å². The third kappa shape index (κ3) is 3.16. The number of carbonyl (C=O) groups excluding carboxylic acids is 1. The third-order valence-electron chi connectivity index (χ3n) is 4.28. The van der Waals surface area contributed by atoms with E-state index >= 15 is 0 Å². The molecule has 0 saturated heterocycles. The summed E-state index contributed by atoms with van der Waals surface area (Å²) in [6, 6.07) is 3.08. The molecule has 0 radical (unpaired) electrons. The molecule has 130 valence electrons. The Balaban J connectivity index is 2.91. The van der Waals surface area contributed by atoms with E-state index in [1.165, 1.54) is 20.3 Å². The standard InChI is InChI=1S/C19H24O5/c1-6-8-12-9-15(20)24-14-10-13(22-4)17(18(21)11(3)7-2)19(23-5)16(12)14/h9-11H,6-8H2,1-5H3. The minimum atomic E-state index is -0.420. The zero-order valence-electron chi connectivity index (χ0n) is 14.9. The second-order valence-corrected chi connectivity index (χ2v) is 5.87. The summed E-state index contributed by atoms with van der Waals surface area (Å²) in [6.07, 6.45) is 2.28. The van der Waals surface area contributed by atoms with Gasteiger partial charge in [-0.15, -0.1) is 0 Å². The maximum absolute atomic E-state index is 12.9. The zero-order valence-corrected chi connectivity index (χ0v) is 14.9. The first-order chi connectivity index (χ1) is 11.5. The summed E-state index contributed by atoms with van der Waals surface area (Å²) in [5, 5.41) is 0.673. The highest BCUT2D eigenvalue weighted by atomic mass is 16.5. The van der Waals surface area contributed by atoms with Crippen molar-refractivity contribution in [2.45, 2.75) is 40.0 Å². The predicted molar refractivity (Wildman–Crippen MR) is 93.4 cm³/mol. The average Bonchev–Trinajstić information content (AvgIpc) is 2.58. The van der Waals surface area contributed by atoms with Gasteiger partial charge in [0.15, 0.2) is 5.78 Å². The number of aryl methyl sites for hydroxylation is 1. The quantitative estimate of drug-likeness (QED) is 0.566. The van der Waals surface area contributed by atoms with Crippen molar-refractivity contribution in [1.29, 1.82) is 0 Å². The highest BCUT2D eigenvalue weighted by Gasteiger charge is 2.26. The minimum absolute atomic E-state index is 0.0400. The first-order valence-electron chi connectivity index (χ1n) is 8.24. The predicted octanol–water partition coefficient (Wildman–Crippen LogP) is 3.99. The fourth-order valence-electron chi connectivity index (χ4n) is 2.85. The van der Waals surface area contributed by atoms with Gasteiger partial charge in [-0.3, -0.25) is 4.79 Å². The van der Waals surface area contributed by atoms with Crippen molar-refractivity contribution >= 4 is 16.8 Å². The van der Waals surface area contributed by atoms with Crippen LogP contribution >= 0.6 is 0 Å². The fourth-order valence-corrected chi connectivity index (χ4v) is 2.85. The lowest BCUT2D eigenvalue weighted by Crippen LogP contribution is -2.14. The largest absolute Gasteiger partial charge is 0.496 e. The van der Waals surface area contributed by atoms with Gasteiger partial charge in [0.1, 0.15) is 22.6 Å². The van der Waals surface area contributed by atoms with Crippen LogP contribution in [0.25, 0.3) is 11.0 Å². The van der Waals surface area contributed by atoms with Crippen LogP contribution in [0.4, 0.5) is 0 Å². The van der Waals surface area contributed by atoms with Crippen molar-refractivity contribution in [3.05, 3.63) is 33.7 Å². The van der Waals surface area contributed by atoms with Crippen molar-refractivity contribution in [2.24, 2.45) is 5.92 Å². The van der Waals surface area contributed by atoms with Crippen LogP contribution in [0.2, 0.25) is 0 Å². The molecule has 0 aliphatic heterocycles. The van der Waals surface area contributed by atoms with Gasteiger partial charge in [-0.1, -0.05) is 27.2 Å². The minimum Gasteiger partial charge on any atom is -0.496 e. The van der Waals surface area contributed by atoms with Crippen LogP contribution in [0.15, 0.2) is 21.3 Å². The van der Waals surface area contributed by atoms with Crippen LogP contribution in [-0.4, -0.2) is 20.0 Å². The second kappa shape index (κ2) is 7.51. The normalized spacial score (nSPS) is 12.2.